The maximum absolute atomic E-state index is 11.8. The molecule has 0 spiro atoms. The minimum absolute atomic E-state index is 0.252. The molecule has 8 nitrogen and oxygen atoms in total. The molecule has 0 aliphatic rings. The van der Waals surface area contributed by atoms with Crippen LogP contribution in [0.25, 0.3) is 11.1 Å². The third-order valence-corrected chi connectivity index (χ3v) is 4.29. The standard InChI is InChI=1S/C19H24N2O2.C4H4O4/c1-11(2)9-16-15(10-20)18(14-7-5-12(3)6-8-14)17(19(22)23)13(4)21-16;5-3(6)1-2-4(7)8/h5-8,11H,9-10,20H2,1-4H3,(H,22,23);1-2H,(H,5,6)(H,7,8)/b;2-1-. The fourth-order valence-corrected chi connectivity index (χ4v) is 3.02. The second-order valence-electron chi connectivity index (χ2n) is 7.36. The van der Waals surface area contributed by atoms with Crippen LogP contribution in [-0.2, 0) is 22.6 Å². The summed E-state index contributed by atoms with van der Waals surface area (Å²) in [6.07, 6.45) is 1.90. The number of aliphatic carboxylic acids is 2. The van der Waals surface area contributed by atoms with Crippen molar-refractivity contribution in [3.63, 3.8) is 0 Å². The Kier molecular flexibility index (Phi) is 9.56. The van der Waals surface area contributed by atoms with Gasteiger partial charge in [0.15, 0.2) is 0 Å². The summed E-state index contributed by atoms with van der Waals surface area (Å²) in [6, 6.07) is 7.88. The molecule has 0 aliphatic heterocycles. The normalized spacial score (nSPS) is 10.6. The van der Waals surface area contributed by atoms with E-state index in [4.69, 9.17) is 15.9 Å². The Morgan fingerprint density at radius 1 is 1.00 bits per heavy atom. The Labute approximate surface area is 181 Å². The zero-order valence-electron chi connectivity index (χ0n) is 18.0. The molecule has 0 saturated carbocycles. The lowest BCUT2D eigenvalue weighted by Gasteiger charge is -2.19. The van der Waals surface area contributed by atoms with E-state index in [1.165, 1.54) is 0 Å². The van der Waals surface area contributed by atoms with E-state index < -0.39 is 17.9 Å². The van der Waals surface area contributed by atoms with Gasteiger partial charge in [-0.25, -0.2) is 14.4 Å². The van der Waals surface area contributed by atoms with Gasteiger partial charge in [0.25, 0.3) is 0 Å². The third kappa shape index (κ3) is 7.67. The molecule has 0 aliphatic carbocycles. The quantitative estimate of drug-likeness (QED) is 0.490. The molecule has 31 heavy (non-hydrogen) atoms. The minimum Gasteiger partial charge on any atom is -0.478 e. The fourth-order valence-electron chi connectivity index (χ4n) is 3.02. The molecule has 0 saturated heterocycles. The van der Waals surface area contributed by atoms with Crippen molar-refractivity contribution in [1.29, 1.82) is 0 Å². The number of pyridine rings is 1. The molecule has 0 bridgehead atoms. The molecular weight excluding hydrogens is 400 g/mol. The number of aromatic nitrogens is 1. The number of aryl methyl sites for hydroxylation is 2. The average molecular weight is 428 g/mol. The largest absolute Gasteiger partial charge is 0.478 e. The smallest absolute Gasteiger partial charge is 0.338 e. The highest BCUT2D eigenvalue weighted by Gasteiger charge is 2.23. The Balaban J connectivity index is 0.000000512. The minimum atomic E-state index is -1.26. The summed E-state index contributed by atoms with van der Waals surface area (Å²) in [5.74, 6) is -3.05. The molecule has 1 aromatic carbocycles. The van der Waals surface area contributed by atoms with Crippen molar-refractivity contribution in [1.82, 2.24) is 4.98 Å². The van der Waals surface area contributed by atoms with E-state index in [1.54, 1.807) is 6.92 Å². The van der Waals surface area contributed by atoms with Gasteiger partial charge >= 0.3 is 17.9 Å². The van der Waals surface area contributed by atoms with Crippen LogP contribution in [0.5, 0.6) is 0 Å². The molecule has 5 N–H and O–H groups in total. The summed E-state index contributed by atoms with van der Waals surface area (Å²) >= 11 is 0. The number of rotatable bonds is 7. The number of carbonyl (C=O) groups is 3. The number of nitrogens with two attached hydrogens (primary N) is 1. The van der Waals surface area contributed by atoms with E-state index in [9.17, 15) is 19.5 Å². The van der Waals surface area contributed by atoms with Crippen molar-refractivity contribution in [2.24, 2.45) is 11.7 Å². The summed E-state index contributed by atoms with van der Waals surface area (Å²) in [5.41, 5.74) is 11.2. The van der Waals surface area contributed by atoms with Crippen LogP contribution >= 0.6 is 0 Å². The molecule has 8 heteroatoms. The number of hydrogen-bond acceptors (Lipinski definition) is 5. The number of nitrogens with zero attached hydrogens (tertiary/aromatic N) is 1. The molecule has 0 fully saturated rings. The molecule has 166 valence electrons. The monoisotopic (exact) mass is 428 g/mol. The lowest BCUT2D eigenvalue weighted by Crippen LogP contribution is -2.15. The summed E-state index contributed by atoms with van der Waals surface area (Å²) in [7, 11) is 0. The van der Waals surface area contributed by atoms with Gasteiger partial charge in [-0.15, -0.1) is 0 Å². The highest BCUT2D eigenvalue weighted by molar-refractivity contribution is 5.98. The Bertz CT molecular complexity index is 963. The first-order chi connectivity index (χ1) is 14.5. The Morgan fingerprint density at radius 2 is 1.52 bits per heavy atom. The van der Waals surface area contributed by atoms with Crippen molar-refractivity contribution < 1.29 is 29.7 Å². The maximum atomic E-state index is 11.8. The van der Waals surface area contributed by atoms with Gasteiger partial charge in [0.2, 0.25) is 0 Å². The Hall–Kier alpha value is -3.52. The van der Waals surface area contributed by atoms with Crippen molar-refractivity contribution in [2.75, 3.05) is 0 Å². The van der Waals surface area contributed by atoms with E-state index >= 15 is 0 Å². The van der Waals surface area contributed by atoms with Crippen molar-refractivity contribution in [3.8, 4) is 11.1 Å². The van der Waals surface area contributed by atoms with Crippen LogP contribution in [0.15, 0.2) is 36.4 Å². The highest BCUT2D eigenvalue weighted by atomic mass is 16.4. The third-order valence-electron chi connectivity index (χ3n) is 4.29. The van der Waals surface area contributed by atoms with Crippen LogP contribution in [0.3, 0.4) is 0 Å². The molecule has 2 rings (SSSR count). The summed E-state index contributed by atoms with van der Waals surface area (Å²) in [5, 5.41) is 25.3. The summed E-state index contributed by atoms with van der Waals surface area (Å²) < 4.78 is 0. The lowest BCUT2D eigenvalue weighted by molar-refractivity contribution is -0.134. The second-order valence-corrected chi connectivity index (χ2v) is 7.36. The van der Waals surface area contributed by atoms with Crippen molar-refractivity contribution in [3.05, 3.63) is 64.5 Å². The molecule has 0 atom stereocenters. The second kappa shape index (κ2) is 11.6. The van der Waals surface area contributed by atoms with E-state index in [1.807, 2.05) is 31.2 Å². The van der Waals surface area contributed by atoms with Gasteiger partial charge in [0.1, 0.15) is 0 Å². The molecule has 0 unspecified atom stereocenters. The number of carboxylic acids is 3. The highest BCUT2D eigenvalue weighted by Crippen LogP contribution is 2.32. The lowest BCUT2D eigenvalue weighted by atomic mass is 9.90. The van der Waals surface area contributed by atoms with Gasteiger partial charge < -0.3 is 21.1 Å². The van der Waals surface area contributed by atoms with Gasteiger partial charge in [0, 0.05) is 30.0 Å². The first-order valence-electron chi connectivity index (χ1n) is 9.64. The van der Waals surface area contributed by atoms with E-state index in [0.717, 1.165) is 28.8 Å². The molecule has 1 heterocycles. The number of aromatic carboxylic acids is 1. The molecule has 0 radical (unpaired) electrons. The maximum Gasteiger partial charge on any atom is 0.338 e. The van der Waals surface area contributed by atoms with Crippen molar-refractivity contribution >= 4 is 17.9 Å². The first-order valence-corrected chi connectivity index (χ1v) is 9.64. The zero-order valence-corrected chi connectivity index (χ0v) is 18.0. The summed E-state index contributed by atoms with van der Waals surface area (Å²) in [4.78, 5) is 35.5. The van der Waals surface area contributed by atoms with Gasteiger partial charge in [-0.1, -0.05) is 43.7 Å². The summed E-state index contributed by atoms with van der Waals surface area (Å²) in [6.45, 7) is 8.28. The van der Waals surface area contributed by atoms with Crippen LogP contribution in [0.4, 0.5) is 0 Å². The van der Waals surface area contributed by atoms with Gasteiger partial charge in [-0.2, -0.15) is 0 Å². The number of benzene rings is 1. The van der Waals surface area contributed by atoms with Crippen molar-refractivity contribution in [2.45, 2.75) is 40.7 Å². The number of carboxylic acid groups (broad SMARTS) is 3. The number of hydrogen-bond donors (Lipinski definition) is 4. The van der Waals surface area contributed by atoms with Crippen LogP contribution in [-0.4, -0.2) is 38.2 Å². The van der Waals surface area contributed by atoms with Crippen LogP contribution < -0.4 is 5.73 Å². The first kappa shape index (κ1) is 25.5. The Morgan fingerprint density at radius 3 is 1.90 bits per heavy atom. The van der Waals surface area contributed by atoms with Crippen LogP contribution in [0.1, 0.15) is 46.7 Å². The topological polar surface area (TPSA) is 151 Å². The van der Waals surface area contributed by atoms with Crippen LogP contribution in [0.2, 0.25) is 0 Å². The van der Waals surface area contributed by atoms with Crippen LogP contribution in [0, 0.1) is 19.8 Å². The van der Waals surface area contributed by atoms with E-state index in [2.05, 4.69) is 18.8 Å². The molecule has 1 aromatic heterocycles. The molecular formula is C23H28N2O6. The van der Waals surface area contributed by atoms with E-state index in [-0.39, 0.29) is 12.1 Å². The van der Waals surface area contributed by atoms with E-state index in [0.29, 0.717) is 29.3 Å². The fraction of sp³-hybridized carbons (Fsp3) is 0.304. The molecule has 0 amide bonds. The predicted molar refractivity (Wildman–Crippen MR) is 117 cm³/mol. The SMILES string of the molecule is Cc1ccc(-c2c(CN)c(CC(C)C)nc(C)c2C(=O)O)cc1.O=C(O)/C=C\C(=O)O. The molecule has 2 aromatic rings. The van der Waals surface area contributed by atoms with Gasteiger partial charge in [-0.3, -0.25) is 4.98 Å². The zero-order chi connectivity index (χ0) is 23.7. The van der Waals surface area contributed by atoms with Gasteiger partial charge in [-0.05, 0) is 37.3 Å². The predicted octanol–water partition coefficient (Wildman–Crippen LogP) is 3.43. The van der Waals surface area contributed by atoms with Gasteiger partial charge in [0.05, 0.1) is 11.3 Å². The average Bonchev–Trinajstić information content (AvgIpc) is 2.66.